The smallest absolute Gasteiger partial charge is 0.371 e. The van der Waals surface area contributed by atoms with Gasteiger partial charge in [-0.25, -0.2) is 9.59 Å². The van der Waals surface area contributed by atoms with Crippen LogP contribution in [0.25, 0.3) is 0 Å². The minimum absolute atomic E-state index is 0.239. The van der Waals surface area contributed by atoms with E-state index in [9.17, 15) is 9.59 Å². The second kappa shape index (κ2) is 4.97. The van der Waals surface area contributed by atoms with Gasteiger partial charge in [-0.2, -0.15) is 0 Å². The number of para-hydroxylation sites is 2. The van der Waals surface area contributed by atoms with Crippen molar-refractivity contribution in [1.29, 1.82) is 0 Å². The van der Waals surface area contributed by atoms with E-state index in [1.165, 1.54) is 0 Å². The van der Waals surface area contributed by atoms with Gasteiger partial charge in [-0.3, -0.25) is 0 Å². The molecule has 0 saturated carbocycles. The summed E-state index contributed by atoms with van der Waals surface area (Å²) in [6.45, 7) is 0. The maximum Gasteiger partial charge on any atom is 0.371 e. The molecule has 2 rings (SSSR count). The molecular formula is C12H11ClO6. The summed E-state index contributed by atoms with van der Waals surface area (Å²) in [5.74, 6) is -1.25. The van der Waals surface area contributed by atoms with Gasteiger partial charge in [0.25, 0.3) is 6.10 Å². The Morgan fingerprint density at radius 2 is 1.84 bits per heavy atom. The maximum absolute atomic E-state index is 11.8. The predicted molar refractivity (Wildman–Crippen MR) is 64.1 cm³/mol. The van der Waals surface area contributed by atoms with Gasteiger partial charge in [0.2, 0.25) is 0 Å². The average molecular weight is 287 g/mol. The van der Waals surface area contributed by atoms with Crippen LogP contribution in [0.1, 0.15) is 0 Å². The summed E-state index contributed by atoms with van der Waals surface area (Å²) in [5, 5.41) is -2.11. The largest absolute Gasteiger partial charge is 0.468 e. The highest BCUT2D eigenvalue weighted by molar-refractivity contribution is 6.35. The van der Waals surface area contributed by atoms with Crippen LogP contribution in [0.4, 0.5) is 0 Å². The fourth-order valence-electron chi connectivity index (χ4n) is 1.64. The average Bonchev–Trinajstić information content (AvgIpc) is 2.44. The number of carbonyl (C=O) groups excluding carboxylic acids is 2. The zero-order chi connectivity index (χ0) is 14.0. The molecule has 2 unspecified atom stereocenters. The van der Waals surface area contributed by atoms with Crippen LogP contribution < -0.4 is 9.47 Å². The number of rotatable bonds is 2. The van der Waals surface area contributed by atoms with Crippen LogP contribution >= 0.6 is 11.6 Å². The van der Waals surface area contributed by atoms with E-state index >= 15 is 0 Å². The number of ether oxygens (including phenoxy) is 4. The number of hydrogen-bond acceptors (Lipinski definition) is 6. The Balaban J connectivity index is 2.45. The van der Waals surface area contributed by atoms with Gasteiger partial charge in [0, 0.05) is 0 Å². The number of halogens is 1. The molecule has 102 valence electrons. The molecular weight excluding hydrogens is 276 g/mol. The third kappa shape index (κ3) is 2.19. The van der Waals surface area contributed by atoms with Gasteiger partial charge in [0.15, 0.2) is 11.5 Å². The van der Waals surface area contributed by atoms with Gasteiger partial charge in [-0.05, 0) is 12.1 Å². The van der Waals surface area contributed by atoms with Crippen LogP contribution in [0.5, 0.6) is 11.5 Å². The molecule has 0 aliphatic carbocycles. The first-order valence-electron chi connectivity index (χ1n) is 5.32. The van der Waals surface area contributed by atoms with Gasteiger partial charge in [0.05, 0.1) is 14.2 Å². The maximum atomic E-state index is 11.8. The Kier molecular flexibility index (Phi) is 3.53. The lowest BCUT2D eigenvalue weighted by Crippen LogP contribution is -2.58. The van der Waals surface area contributed by atoms with E-state index in [-0.39, 0.29) is 11.5 Å². The third-order valence-corrected chi connectivity index (χ3v) is 3.00. The first-order valence-corrected chi connectivity index (χ1v) is 5.70. The minimum Gasteiger partial charge on any atom is -0.468 e. The number of esters is 2. The first-order chi connectivity index (χ1) is 9.02. The van der Waals surface area contributed by atoms with Crippen molar-refractivity contribution in [2.24, 2.45) is 0 Å². The number of methoxy groups -OCH3 is 2. The van der Waals surface area contributed by atoms with E-state index in [2.05, 4.69) is 9.47 Å². The van der Waals surface area contributed by atoms with Crippen LogP contribution in [0.15, 0.2) is 24.3 Å². The summed E-state index contributed by atoms with van der Waals surface area (Å²) < 4.78 is 19.9. The van der Waals surface area contributed by atoms with Crippen molar-refractivity contribution in [3.8, 4) is 11.5 Å². The molecule has 0 spiro atoms. The van der Waals surface area contributed by atoms with Crippen LogP contribution in [0.3, 0.4) is 0 Å². The predicted octanol–water partition coefficient (Wildman–Crippen LogP) is 1.11. The summed E-state index contributed by atoms with van der Waals surface area (Å²) in [5.41, 5.74) is 0. The van der Waals surface area contributed by atoms with Crippen LogP contribution in [0.2, 0.25) is 0 Å². The molecule has 0 bridgehead atoms. The lowest BCUT2D eigenvalue weighted by molar-refractivity contribution is -0.173. The van der Waals surface area contributed by atoms with Gasteiger partial charge in [-0.15, -0.1) is 0 Å². The highest BCUT2D eigenvalue weighted by Crippen LogP contribution is 2.41. The molecule has 0 N–H and O–H groups in total. The topological polar surface area (TPSA) is 71.1 Å². The van der Waals surface area contributed by atoms with E-state index < -0.39 is 23.1 Å². The van der Waals surface area contributed by atoms with Crippen LogP contribution in [-0.2, 0) is 19.1 Å². The van der Waals surface area contributed by atoms with Crippen molar-refractivity contribution in [3.05, 3.63) is 24.3 Å². The van der Waals surface area contributed by atoms with Gasteiger partial charge < -0.3 is 18.9 Å². The molecule has 1 aromatic carbocycles. The highest BCUT2D eigenvalue weighted by atomic mass is 35.5. The van der Waals surface area contributed by atoms with Crippen molar-refractivity contribution in [2.45, 2.75) is 11.2 Å². The molecule has 1 aliphatic rings. The Morgan fingerprint density at radius 3 is 2.42 bits per heavy atom. The molecule has 6 nitrogen and oxygen atoms in total. The second-order valence-electron chi connectivity index (χ2n) is 3.71. The Hall–Kier alpha value is -1.95. The lowest BCUT2D eigenvalue weighted by Gasteiger charge is -2.36. The number of benzene rings is 1. The SMILES string of the molecule is COC(=O)C1Oc2ccccc2OC1(Cl)C(=O)OC. The molecule has 0 amide bonds. The van der Waals surface area contributed by atoms with Gasteiger partial charge in [0.1, 0.15) is 0 Å². The van der Waals surface area contributed by atoms with E-state index in [1.54, 1.807) is 24.3 Å². The molecule has 0 radical (unpaired) electrons. The van der Waals surface area contributed by atoms with E-state index in [0.29, 0.717) is 0 Å². The Bertz CT molecular complexity index is 517. The van der Waals surface area contributed by atoms with Crippen LogP contribution in [0, 0.1) is 0 Å². The summed E-state index contributed by atoms with van der Waals surface area (Å²) in [7, 11) is 2.28. The zero-order valence-electron chi connectivity index (χ0n) is 10.2. The highest BCUT2D eigenvalue weighted by Gasteiger charge is 2.57. The zero-order valence-corrected chi connectivity index (χ0v) is 11.0. The molecule has 0 fully saturated rings. The fourth-order valence-corrected chi connectivity index (χ4v) is 1.94. The normalized spacial score (nSPS) is 24.5. The fraction of sp³-hybridized carbons (Fsp3) is 0.333. The van der Waals surface area contributed by atoms with E-state index in [1.807, 2.05) is 0 Å². The number of alkyl halides is 1. The Labute approximate surface area is 114 Å². The Morgan fingerprint density at radius 1 is 1.21 bits per heavy atom. The minimum atomic E-state index is -2.11. The molecule has 19 heavy (non-hydrogen) atoms. The molecule has 0 aromatic heterocycles. The van der Waals surface area contributed by atoms with Crippen molar-refractivity contribution in [3.63, 3.8) is 0 Å². The lowest BCUT2D eigenvalue weighted by atomic mass is 10.1. The number of hydrogen-bond donors (Lipinski definition) is 0. The monoisotopic (exact) mass is 286 g/mol. The number of fused-ring (bicyclic) bond motifs is 1. The van der Waals surface area contributed by atoms with Gasteiger partial charge >= 0.3 is 17.0 Å². The van der Waals surface area contributed by atoms with Crippen LogP contribution in [-0.4, -0.2) is 37.3 Å². The first kappa shape index (κ1) is 13.5. The van der Waals surface area contributed by atoms with Crippen molar-refractivity contribution >= 4 is 23.5 Å². The molecule has 1 aromatic rings. The molecule has 1 aliphatic heterocycles. The number of carbonyl (C=O) groups is 2. The quantitative estimate of drug-likeness (QED) is 0.599. The molecule has 7 heteroatoms. The summed E-state index contributed by atoms with van der Waals surface area (Å²) in [6.07, 6.45) is -1.46. The third-order valence-electron chi connectivity index (χ3n) is 2.57. The summed E-state index contributed by atoms with van der Waals surface area (Å²) in [6, 6.07) is 6.51. The second-order valence-corrected chi connectivity index (χ2v) is 4.27. The van der Waals surface area contributed by atoms with Crippen molar-refractivity contribution < 1.29 is 28.5 Å². The van der Waals surface area contributed by atoms with E-state index in [0.717, 1.165) is 14.2 Å². The van der Waals surface area contributed by atoms with E-state index in [4.69, 9.17) is 21.1 Å². The van der Waals surface area contributed by atoms with Crippen molar-refractivity contribution in [2.75, 3.05) is 14.2 Å². The summed E-state index contributed by atoms with van der Waals surface area (Å²) >= 11 is 6.07. The molecule has 0 saturated heterocycles. The van der Waals surface area contributed by atoms with Gasteiger partial charge in [-0.1, -0.05) is 23.7 Å². The molecule has 1 heterocycles. The standard InChI is InChI=1S/C12H11ClO6/c1-16-10(14)9-12(13,11(15)17-2)19-8-6-4-3-5-7(8)18-9/h3-6,9H,1-2H3. The molecule has 2 atom stereocenters. The van der Waals surface area contributed by atoms with Crippen molar-refractivity contribution in [1.82, 2.24) is 0 Å². The summed E-state index contributed by atoms with van der Waals surface area (Å²) in [4.78, 5) is 23.5.